The van der Waals surface area contributed by atoms with Gasteiger partial charge in [0, 0.05) is 25.2 Å². The molecule has 7 heteroatoms. The molecule has 1 aliphatic rings. The fraction of sp³-hybridized carbons (Fsp3) is 0.929. The first-order valence-electron chi connectivity index (χ1n) is 7.39. The number of halogens is 3. The van der Waals surface area contributed by atoms with Crippen LogP contribution in [0.2, 0.25) is 0 Å². The summed E-state index contributed by atoms with van der Waals surface area (Å²) < 4.78 is 37.1. The molecular formula is C14H26F3N3O. The van der Waals surface area contributed by atoms with Gasteiger partial charge in [-0.2, -0.15) is 13.2 Å². The highest BCUT2D eigenvalue weighted by Crippen LogP contribution is 2.22. The molecule has 2 N–H and O–H groups in total. The third-order valence-corrected chi connectivity index (χ3v) is 3.36. The molecule has 0 unspecified atom stereocenters. The van der Waals surface area contributed by atoms with Gasteiger partial charge in [-0.05, 0) is 40.2 Å². The molecule has 0 aromatic carbocycles. The number of hydrogen-bond donors (Lipinski definition) is 2. The number of alkyl halides is 3. The maximum absolute atomic E-state index is 12.4. The van der Waals surface area contributed by atoms with E-state index in [1.807, 2.05) is 20.8 Å². The maximum Gasteiger partial charge on any atom is 0.401 e. The lowest BCUT2D eigenvalue weighted by Crippen LogP contribution is -2.47. The van der Waals surface area contributed by atoms with Crippen LogP contribution in [0.25, 0.3) is 0 Å². The van der Waals surface area contributed by atoms with Gasteiger partial charge in [-0.3, -0.25) is 9.69 Å². The average molecular weight is 309 g/mol. The molecule has 1 atom stereocenters. The monoisotopic (exact) mass is 309 g/mol. The number of hydrogen-bond acceptors (Lipinski definition) is 3. The molecule has 0 bridgehead atoms. The Hall–Kier alpha value is -0.820. The van der Waals surface area contributed by atoms with Crippen LogP contribution >= 0.6 is 0 Å². The smallest absolute Gasteiger partial charge is 0.355 e. The van der Waals surface area contributed by atoms with Crippen molar-refractivity contribution in [3.8, 4) is 0 Å². The van der Waals surface area contributed by atoms with E-state index in [4.69, 9.17) is 0 Å². The Balaban J connectivity index is 2.30. The van der Waals surface area contributed by atoms with Crippen LogP contribution in [0.3, 0.4) is 0 Å². The van der Waals surface area contributed by atoms with Gasteiger partial charge in [-0.1, -0.05) is 0 Å². The van der Waals surface area contributed by atoms with E-state index in [0.717, 1.165) is 0 Å². The summed E-state index contributed by atoms with van der Waals surface area (Å²) in [4.78, 5) is 13.3. The second kappa shape index (κ2) is 7.45. The van der Waals surface area contributed by atoms with E-state index in [0.29, 0.717) is 32.5 Å². The van der Waals surface area contributed by atoms with E-state index in [9.17, 15) is 18.0 Å². The molecule has 21 heavy (non-hydrogen) atoms. The van der Waals surface area contributed by atoms with Gasteiger partial charge < -0.3 is 10.6 Å². The number of carbonyl (C=O) groups is 1. The molecule has 0 radical (unpaired) electrons. The number of likely N-dealkylation sites (tertiary alicyclic amines) is 1. The summed E-state index contributed by atoms with van der Waals surface area (Å²) in [5, 5.41) is 6.05. The van der Waals surface area contributed by atoms with Crippen molar-refractivity contribution in [3.63, 3.8) is 0 Å². The fourth-order valence-corrected chi connectivity index (χ4v) is 2.43. The number of carbonyl (C=O) groups excluding carboxylic acids is 1. The minimum atomic E-state index is -4.20. The van der Waals surface area contributed by atoms with E-state index >= 15 is 0 Å². The van der Waals surface area contributed by atoms with Crippen LogP contribution in [0, 0.1) is 5.92 Å². The first kappa shape index (κ1) is 18.2. The zero-order valence-electron chi connectivity index (χ0n) is 13.0. The van der Waals surface area contributed by atoms with Crippen molar-refractivity contribution >= 4 is 5.91 Å². The topological polar surface area (TPSA) is 44.4 Å². The molecule has 0 spiro atoms. The van der Waals surface area contributed by atoms with Crippen LogP contribution in [0.5, 0.6) is 0 Å². The van der Waals surface area contributed by atoms with Gasteiger partial charge in [0.2, 0.25) is 5.91 Å². The predicted molar refractivity (Wildman–Crippen MR) is 76.0 cm³/mol. The molecule has 1 saturated heterocycles. The number of nitrogens with one attached hydrogen (secondary N) is 2. The van der Waals surface area contributed by atoms with E-state index in [1.165, 1.54) is 4.90 Å². The summed E-state index contributed by atoms with van der Waals surface area (Å²) in [5.74, 6) is -0.478. The van der Waals surface area contributed by atoms with Gasteiger partial charge in [-0.15, -0.1) is 0 Å². The van der Waals surface area contributed by atoms with E-state index < -0.39 is 12.7 Å². The molecule has 4 nitrogen and oxygen atoms in total. The first-order chi connectivity index (χ1) is 9.57. The Morgan fingerprint density at radius 3 is 2.48 bits per heavy atom. The summed E-state index contributed by atoms with van der Waals surface area (Å²) in [6, 6.07) is 0. The minimum absolute atomic E-state index is 0.0148. The maximum atomic E-state index is 12.4. The Kier molecular flexibility index (Phi) is 6.46. The average Bonchev–Trinajstić information content (AvgIpc) is 2.31. The second-order valence-electron chi connectivity index (χ2n) is 6.66. The van der Waals surface area contributed by atoms with Crippen LogP contribution in [0.4, 0.5) is 13.2 Å². The number of nitrogens with zero attached hydrogens (tertiary/aromatic N) is 1. The third kappa shape index (κ3) is 8.26. The largest absolute Gasteiger partial charge is 0.401 e. The standard InChI is InChI=1S/C14H26F3N3O/c1-13(2,3)19-7-6-18-12(21)11-5-4-8-20(9-11)10-14(15,16)17/h11,19H,4-10H2,1-3H3,(H,18,21)/t11-/m1/s1. The lowest BCUT2D eigenvalue weighted by atomic mass is 9.97. The summed E-state index contributed by atoms with van der Waals surface area (Å²) in [7, 11) is 0. The van der Waals surface area contributed by atoms with Crippen molar-refractivity contribution in [1.82, 2.24) is 15.5 Å². The predicted octanol–water partition coefficient (Wildman–Crippen LogP) is 1.76. The highest BCUT2D eigenvalue weighted by atomic mass is 19.4. The molecule has 0 saturated carbocycles. The van der Waals surface area contributed by atoms with Crippen LogP contribution in [0.1, 0.15) is 33.6 Å². The van der Waals surface area contributed by atoms with Crippen LogP contribution in [-0.2, 0) is 4.79 Å². The molecule has 1 aliphatic heterocycles. The van der Waals surface area contributed by atoms with Gasteiger partial charge >= 0.3 is 6.18 Å². The molecule has 0 aromatic rings. The second-order valence-corrected chi connectivity index (χ2v) is 6.66. The molecular weight excluding hydrogens is 283 g/mol. The van der Waals surface area contributed by atoms with Crippen molar-refractivity contribution in [3.05, 3.63) is 0 Å². The van der Waals surface area contributed by atoms with Crippen LogP contribution in [-0.4, -0.2) is 55.2 Å². The first-order valence-corrected chi connectivity index (χ1v) is 7.39. The minimum Gasteiger partial charge on any atom is -0.355 e. The Morgan fingerprint density at radius 1 is 1.24 bits per heavy atom. The van der Waals surface area contributed by atoms with Crippen molar-refractivity contribution < 1.29 is 18.0 Å². The zero-order chi connectivity index (χ0) is 16.1. The lowest BCUT2D eigenvalue weighted by molar-refractivity contribution is -0.152. The highest BCUT2D eigenvalue weighted by molar-refractivity contribution is 5.78. The Bertz CT molecular complexity index is 339. The van der Waals surface area contributed by atoms with Crippen LogP contribution in [0.15, 0.2) is 0 Å². The van der Waals surface area contributed by atoms with Crippen molar-refractivity contribution in [2.45, 2.75) is 45.3 Å². The molecule has 1 fully saturated rings. The van der Waals surface area contributed by atoms with Crippen molar-refractivity contribution in [2.24, 2.45) is 5.92 Å². The summed E-state index contributed by atoms with van der Waals surface area (Å²) in [6.07, 6.45) is -2.91. The molecule has 124 valence electrons. The normalized spacial score (nSPS) is 21.3. The van der Waals surface area contributed by atoms with Gasteiger partial charge in [-0.25, -0.2) is 0 Å². The molecule has 1 rings (SSSR count). The van der Waals surface area contributed by atoms with E-state index in [-0.39, 0.29) is 23.9 Å². The van der Waals surface area contributed by atoms with Crippen LogP contribution < -0.4 is 10.6 Å². The van der Waals surface area contributed by atoms with Crippen molar-refractivity contribution in [2.75, 3.05) is 32.7 Å². The number of piperidine rings is 1. The molecule has 1 amide bonds. The van der Waals surface area contributed by atoms with Gasteiger partial charge in [0.15, 0.2) is 0 Å². The van der Waals surface area contributed by atoms with Gasteiger partial charge in [0.05, 0.1) is 12.5 Å². The SMILES string of the molecule is CC(C)(C)NCCNC(=O)[C@@H]1CCCN(CC(F)(F)F)C1. The van der Waals surface area contributed by atoms with Gasteiger partial charge in [0.25, 0.3) is 0 Å². The summed E-state index contributed by atoms with van der Waals surface area (Å²) in [6.45, 7) is 6.91. The Morgan fingerprint density at radius 2 is 1.90 bits per heavy atom. The highest BCUT2D eigenvalue weighted by Gasteiger charge is 2.34. The number of rotatable bonds is 5. The summed E-state index contributed by atoms with van der Waals surface area (Å²) in [5.41, 5.74) is -0.0148. The molecule has 1 heterocycles. The summed E-state index contributed by atoms with van der Waals surface area (Å²) >= 11 is 0. The Labute approximate surface area is 124 Å². The van der Waals surface area contributed by atoms with E-state index in [2.05, 4.69) is 10.6 Å². The lowest BCUT2D eigenvalue weighted by Gasteiger charge is -2.32. The van der Waals surface area contributed by atoms with E-state index in [1.54, 1.807) is 0 Å². The quantitative estimate of drug-likeness (QED) is 0.761. The third-order valence-electron chi connectivity index (χ3n) is 3.36. The zero-order valence-corrected chi connectivity index (χ0v) is 13.0. The molecule has 0 aliphatic carbocycles. The van der Waals surface area contributed by atoms with Crippen molar-refractivity contribution in [1.29, 1.82) is 0 Å². The molecule has 0 aromatic heterocycles. The fourth-order valence-electron chi connectivity index (χ4n) is 2.43. The number of amides is 1. The van der Waals surface area contributed by atoms with Gasteiger partial charge in [0.1, 0.15) is 0 Å².